The van der Waals surface area contributed by atoms with Crippen LogP contribution < -0.4 is 9.47 Å². The zero-order valence-electron chi connectivity index (χ0n) is 23.4. The van der Waals surface area contributed by atoms with Gasteiger partial charge in [-0.2, -0.15) is 0 Å². The molecule has 0 saturated heterocycles. The molecule has 0 bridgehead atoms. The van der Waals surface area contributed by atoms with Crippen LogP contribution in [0.2, 0.25) is 0 Å². The van der Waals surface area contributed by atoms with E-state index in [-0.39, 0.29) is 6.10 Å². The zero-order valence-corrected chi connectivity index (χ0v) is 23.4. The Balaban J connectivity index is 1.38. The molecule has 1 aromatic heterocycles. The first-order valence-electron chi connectivity index (χ1n) is 15.1. The molecule has 36 heavy (non-hydrogen) atoms. The molecule has 1 aliphatic carbocycles. The molecule has 3 heteroatoms. The highest BCUT2D eigenvalue weighted by atomic mass is 16.5. The smallest absolute Gasteiger partial charge is 0.138 e. The third kappa shape index (κ3) is 10.1. The fourth-order valence-electron chi connectivity index (χ4n) is 5.73. The summed E-state index contributed by atoms with van der Waals surface area (Å²) in [6.07, 6.45) is 22.1. The van der Waals surface area contributed by atoms with E-state index in [1.165, 1.54) is 83.5 Å². The topological polar surface area (TPSA) is 31.4 Å². The normalized spacial score (nSPS) is 18.6. The van der Waals surface area contributed by atoms with E-state index in [0.717, 1.165) is 54.0 Å². The summed E-state index contributed by atoms with van der Waals surface area (Å²) in [4.78, 5) is 4.64. The van der Waals surface area contributed by atoms with Crippen LogP contribution in [0.15, 0.2) is 42.6 Å². The lowest BCUT2D eigenvalue weighted by atomic mass is 9.74. The van der Waals surface area contributed by atoms with Crippen LogP contribution in [0.25, 0.3) is 11.3 Å². The van der Waals surface area contributed by atoms with Gasteiger partial charge in [-0.3, -0.25) is 4.98 Å². The summed E-state index contributed by atoms with van der Waals surface area (Å²) in [6.45, 7) is 7.52. The summed E-state index contributed by atoms with van der Waals surface area (Å²) in [5.74, 6) is 3.69. The SMILES string of the molecule is CCCCCCC(C)Oc1ccc(-c2ccc(OCCCC3CCCCC3CCCCC)cc2)nc1. The van der Waals surface area contributed by atoms with Crippen LogP contribution >= 0.6 is 0 Å². The Kier molecular flexibility index (Phi) is 13.2. The van der Waals surface area contributed by atoms with Gasteiger partial charge in [-0.1, -0.05) is 84.5 Å². The summed E-state index contributed by atoms with van der Waals surface area (Å²) in [6, 6.07) is 12.5. The predicted octanol–water partition coefficient (Wildman–Crippen LogP) is 10.0. The van der Waals surface area contributed by atoms with Crippen molar-refractivity contribution >= 4 is 0 Å². The van der Waals surface area contributed by atoms with Gasteiger partial charge in [0.25, 0.3) is 0 Å². The highest BCUT2D eigenvalue weighted by molar-refractivity contribution is 5.60. The molecule has 0 N–H and O–H groups in total. The summed E-state index contributed by atoms with van der Waals surface area (Å²) < 4.78 is 12.1. The number of benzene rings is 1. The van der Waals surface area contributed by atoms with Gasteiger partial charge in [0.1, 0.15) is 11.5 Å². The monoisotopic (exact) mass is 493 g/mol. The third-order valence-corrected chi connectivity index (χ3v) is 7.92. The number of rotatable bonds is 17. The highest BCUT2D eigenvalue weighted by Crippen LogP contribution is 2.36. The van der Waals surface area contributed by atoms with Gasteiger partial charge in [0.2, 0.25) is 0 Å². The summed E-state index contributed by atoms with van der Waals surface area (Å²) >= 11 is 0. The Morgan fingerprint density at radius 1 is 0.778 bits per heavy atom. The van der Waals surface area contributed by atoms with Gasteiger partial charge < -0.3 is 9.47 Å². The minimum absolute atomic E-state index is 0.232. The lowest BCUT2D eigenvalue weighted by molar-refractivity contribution is 0.190. The van der Waals surface area contributed by atoms with E-state index in [2.05, 4.69) is 56.1 Å². The van der Waals surface area contributed by atoms with Gasteiger partial charge >= 0.3 is 0 Å². The molecule has 0 aliphatic heterocycles. The van der Waals surface area contributed by atoms with E-state index >= 15 is 0 Å². The van der Waals surface area contributed by atoms with Crippen molar-refractivity contribution in [2.75, 3.05) is 6.61 Å². The number of hydrogen-bond acceptors (Lipinski definition) is 3. The maximum atomic E-state index is 6.09. The first-order chi connectivity index (χ1) is 17.7. The Labute approximate surface area is 221 Å². The number of unbranched alkanes of at least 4 members (excludes halogenated alkanes) is 5. The quantitative estimate of drug-likeness (QED) is 0.205. The predicted molar refractivity (Wildman–Crippen MR) is 153 cm³/mol. The maximum Gasteiger partial charge on any atom is 0.138 e. The number of nitrogens with zero attached hydrogens (tertiary/aromatic N) is 1. The fourth-order valence-corrected chi connectivity index (χ4v) is 5.73. The first-order valence-corrected chi connectivity index (χ1v) is 15.1. The Hall–Kier alpha value is -2.03. The van der Waals surface area contributed by atoms with E-state index in [1.54, 1.807) is 0 Å². The van der Waals surface area contributed by atoms with Crippen LogP contribution in [0, 0.1) is 11.8 Å². The molecular formula is C33H51NO2. The van der Waals surface area contributed by atoms with Crippen LogP contribution in [-0.2, 0) is 0 Å². The number of ether oxygens (including phenoxy) is 2. The van der Waals surface area contributed by atoms with E-state index < -0.39 is 0 Å². The van der Waals surface area contributed by atoms with Gasteiger partial charge in [-0.15, -0.1) is 0 Å². The molecule has 3 rings (SSSR count). The van der Waals surface area contributed by atoms with Gasteiger partial charge in [-0.25, -0.2) is 0 Å². The van der Waals surface area contributed by atoms with Crippen molar-refractivity contribution in [3.8, 4) is 22.8 Å². The average Bonchev–Trinajstić information content (AvgIpc) is 2.91. The largest absolute Gasteiger partial charge is 0.494 e. The van der Waals surface area contributed by atoms with Crippen LogP contribution in [0.4, 0.5) is 0 Å². The summed E-state index contributed by atoms with van der Waals surface area (Å²) in [5, 5.41) is 0. The van der Waals surface area contributed by atoms with Crippen molar-refractivity contribution in [2.45, 2.75) is 123 Å². The molecule has 1 aromatic carbocycles. The maximum absolute atomic E-state index is 6.09. The lowest BCUT2D eigenvalue weighted by Crippen LogP contribution is -2.20. The molecule has 200 valence electrons. The molecule has 3 nitrogen and oxygen atoms in total. The van der Waals surface area contributed by atoms with E-state index in [0.29, 0.717) is 0 Å². The minimum atomic E-state index is 0.232. The lowest BCUT2D eigenvalue weighted by Gasteiger charge is -2.31. The molecular weight excluding hydrogens is 442 g/mol. The second kappa shape index (κ2) is 16.7. The average molecular weight is 494 g/mol. The van der Waals surface area contributed by atoms with Gasteiger partial charge in [0.15, 0.2) is 0 Å². The van der Waals surface area contributed by atoms with Crippen molar-refractivity contribution in [1.82, 2.24) is 4.98 Å². The van der Waals surface area contributed by atoms with Crippen molar-refractivity contribution in [3.05, 3.63) is 42.6 Å². The first kappa shape index (κ1) is 28.5. The standard InChI is InChI=1S/C33H51NO2/c1-4-6-8-10-14-27(3)36-32-23-24-33(34-26-32)30-19-21-31(22-20-30)35-25-13-18-29-17-12-11-16-28(29)15-9-7-5-2/h19-24,26-29H,4-18,25H2,1-3H3. The second-order valence-corrected chi connectivity index (χ2v) is 11.0. The molecule has 1 saturated carbocycles. The van der Waals surface area contributed by atoms with Crippen molar-refractivity contribution < 1.29 is 9.47 Å². The minimum Gasteiger partial charge on any atom is -0.494 e. The third-order valence-electron chi connectivity index (χ3n) is 7.92. The molecule has 0 amide bonds. The van der Waals surface area contributed by atoms with Crippen molar-refractivity contribution in [1.29, 1.82) is 0 Å². The van der Waals surface area contributed by atoms with Gasteiger partial charge in [0.05, 0.1) is 24.6 Å². The Morgan fingerprint density at radius 3 is 2.11 bits per heavy atom. The van der Waals surface area contributed by atoms with E-state index in [4.69, 9.17) is 9.47 Å². The fraction of sp³-hybridized carbons (Fsp3) is 0.667. The Morgan fingerprint density at radius 2 is 1.44 bits per heavy atom. The zero-order chi connectivity index (χ0) is 25.4. The molecule has 2 aromatic rings. The molecule has 1 aliphatic rings. The van der Waals surface area contributed by atoms with E-state index in [9.17, 15) is 0 Å². The van der Waals surface area contributed by atoms with Gasteiger partial charge in [-0.05, 0) is 80.8 Å². The summed E-state index contributed by atoms with van der Waals surface area (Å²) in [5.41, 5.74) is 2.08. The van der Waals surface area contributed by atoms with E-state index in [1.807, 2.05) is 12.3 Å². The molecule has 3 atom stereocenters. The van der Waals surface area contributed by atoms with Crippen LogP contribution in [0.3, 0.4) is 0 Å². The van der Waals surface area contributed by atoms with Gasteiger partial charge in [0, 0.05) is 5.56 Å². The Bertz CT molecular complexity index is 817. The van der Waals surface area contributed by atoms with Crippen molar-refractivity contribution in [2.24, 2.45) is 11.8 Å². The highest BCUT2D eigenvalue weighted by Gasteiger charge is 2.24. The van der Waals surface area contributed by atoms with Crippen LogP contribution in [-0.4, -0.2) is 17.7 Å². The summed E-state index contributed by atoms with van der Waals surface area (Å²) in [7, 11) is 0. The van der Waals surface area contributed by atoms with Crippen LogP contribution in [0.5, 0.6) is 11.5 Å². The van der Waals surface area contributed by atoms with Crippen LogP contribution in [0.1, 0.15) is 117 Å². The molecule has 1 fully saturated rings. The number of aromatic nitrogens is 1. The van der Waals surface area contributed by atoms with Crippen molar-refractivity contribution in [3.63, 3.8) is 0 Å². The number of hydrogen-bond donors (Lipinski definition) is 0. The molecule has 3 unspecified atom stereocenters. The second-order valence-electron chi connectivity index (χ2n) is 11.0. The molecule has 0 spiro atoms. The molecule has 1 heterocycles. The molecule has 0 radical (unpaired) electrons. The number of pyridine rings is 1.